The van der Waals surface area contributed by atoms with Crippen LogP contribution >= 0.6 is 0 Å². The topological polar surface area (TPSA) is 98.7 Å². The number of benzene rings is 1. The van der Waals surface area contributed by atoms with E-state index < -0.39 is 22.2 Å². The first-order valence-corrected chi connectivity index (χ1v) is 16.0. The molecule has 0 atom stereocenters. The van der Waals surface area contributed by atoms with Crippen molar-refractivity contribution in [2.75, 3.05) is 13.2 Å². The lowest BCUT2D eigenvalue weighted by Gasteiger charge is -2.26. The molecule has 0 radical (unpaired) electrons. The van der Waals surface area contributed by atoms with Crippen LogP contribution in [0.2, 0.25) is 0 Å². The number of ether oxygens (including phenoxy) is 2. The minimum atomic E-state index is -4.03. The van der Waals surface area contributed by atoms with E-state index in [9.17, 15) is 22.0 Å². The maximum Gasteiger partial charge on any atom is 0.387 e. The van der Waals surface area contributed by atoms with E-state index in [1.54, 1.807) is 26.8 Å². The third kappa shape index (κ3) is 7.67. The lowest BCUT2D eigenvalue weighted by Crippen LogP contribution is -2.40. The molecule has 0 bridgehead atoms. The maximum absolute atomic E-state index is 13.8. The third-order valence-corrected chi connectivity index (χ3v) is 9.80. The molecule has 2 aromatic rings. The zero-order valence-corrected chi connectivity index (χ0v) is 25.5. The van der Waals surface area contributed by atoms with Gasteiger partial charge in [0.05, 0.1) is 16.2 Å². The van der Waals surface area contributed by atoms with Crippen molar-refractivity contribution in [2.24, 2.45) is 5.92 Å². The van der Waals surface area contributed by atoms with Gasteiger partial charge in [-0.05, 0) is 84.4 Å². The molecule has 0 spiro atoms. The molecule has 1 aliphatic heterocycles. The smallest absolute Gasteiger partial charge is 0.387 e. The molecule has 1 aromatic carbocycles. The van der Waals surface area contributed by atoms with Crippen LogP contribution in [0.1, 0.15) is 87.3 Å². The molecule has 2 fully saturated rings. The summed E-state index contributed by atoms with van der Waals surface area (Å²) in [4.78, 5) is 13.3. The molecule has 1 amide bonds. The molecule has 2 aliphatic rings. The highest BCUT2D eigenvalue weighted by molar-refractivity contribution is 7.89. The Hall–Kier alpha value is -2.50. The molecule has 2 N–H and O–H groups in total. The van der Waals surface area contributed by atoms with Crippen LogP contribution in [-0.2, 0) is 21.3 Å². The fourth-order valence-electron chi connectivity index (χ4n) is 5.93. The van der Waals surface area contributed by atoms with E-state index in [1.807, 2.05) is 11.5 Å². The third-order valence-electron chi connectivity index (χ3n) is 7.90. The van der Waals surface area contributed by atoms with Crippen LogP contribution < -0.4 is 14.8 Å². The molecule has 1 saturated carbocycles. The van der Waals surface area contributed by atoms with Crippen molar-refractivity contribution in [3.63, 3.8) is 0 Å². The lowest BCUT2D eigenvalue weighted by molar-refractivity contribution is -0.0501. The van der Waals surface area contributed by atoms with E-state index in [-0.39, 0.29) is 28.2 Å². The summed E-state index contributed by atoms with van der Waals surface area (Å²) in [5.74, 6) is -0.0496. The van der Waals surface area contributed by atoms with E-state index in [2.05, 4.69) is 10.0 Å². The van der Waals surface area contributed by atoms with Gasteiger partial charge in [-0.15, -0.1) is 0 Å². The molecule has 4 rings (SSSR count). The first kappa shape index (κ1) is 31.4. The van der Waals surface area contributed by atoms with Crippen LogP contribution in [0.5, 0.6) is 5.75 Å². The van der Waals surface area contributed by atoms with Crippen molar-refractivity contribution < 1.29 is 31.5 Å². The molecule has 1 aromatic heterocycles. The number of nitrogens with one attached hydrogen (secondary N) is 2. The summed E-state index contributed by atoms with van der Waals surface area (Å²) < 4.78 is 69.0. The monoisotopic (exact) mass is 595 g/mol. The largest absolute Gasteiger partial charge is 0.434 e. The second-order valence-corrected chi connectivity index (χ2v) is 14.0. The molecule has 228 valence electrons. The highest BCUT2D eigenvalue weighted by atomic mass is 32.2. The van der Waals surface area contributed by atoms with Gasteiger partial charge in [0.2, 0.25) is 10.0 Å². The molecule has 0 unspecified atom stereocenters. The van der Waals surface area contributed by atoms with Gasteiger partial charge in [-0.3, -0.25) is 4.79 Å². The fraction of sp³-hybridized carbons (Fsp3) is 0.633. The van der Waals surface area contributed by atoms with Crippen molar-refractivity contribution in [2.45, 2.75) is 109 Å². The van der Waals surface area contributed by atoms with Gasteiger partial charge in [0.15, 0.2) is 0 Å². The Bertz CT molecular complexity index is 1340. The molecular weight excluding hydrogens is 552 g/mol. The van der Waals surface area contributed by atoms with Crippen LogP contribution in [0, 0.1) is 19.8 Å². The number of sulfonamides is 1. The number of amides is 1. The van der Waals surface area contributed by atoms with Crippen LogP contribution in [-0.4, -0.2) is 50.3 Å². The Morgan fingerprint density at radius 3 is 2.37 bits per heavy atom. The number of hydrogen-bond donors (Lipinski definition) is 2. The Morgan fingerprint density at radius 1 is 1.10 bits per heavy atom. The predicted molar refractivity (Wildman–Crippen MR) is 154 cm³/mol. The van der Waals surface area contributed by atoms with Crippen molar-refractivity contribution in [3.05, 3.63) is 35.0 Å². The number of rotatable bonds is 9. The Labute approximate surface area is 242 Å². The van der Waals surface area contributed by atoms with Gasteiger partial charge < -0.3 is 19.4 Å². The molecule has 41 heavy (non-hydrogen) atoms. The predicted octanol–water partition coefficient (Wildman–Crippen LogP) is 5.94. The number of alkyl halides is 2. The minimum Gasteiger partial charge on any atom is -0.434 e. The van der Waals surface area contributed by atoms with Gasteiger partial charge in [-0.2, -0.15) is 8.78 Å². The molecule has 2 heterocycles. The summed E-state index contributed by atoms with van der Waals surface area (Å²) in [6.07, 6.45) is 7.00. The molecule has 11 heteroatoms. The normalized spacial score (nSPS) is 17.7. The fourth-order valence-corrected chi connectivity index (χ4v) is 7.59. The molecule has 1 aliphatic carbocycles. The van der Waals surface area contributed by atoms with Gasteiger partial charge >= 0.3 is 6.61 Å². The average Bonchev–Trinajstić information content (AvgIpc) is 3.20. The van der Waals surface area contributed by atoms with E-state index >= 15 is 0 Å². The van der Waals surface area contributed by atoms with Crippen LogP contribution in [0.3, 0.4) is 0 Å². The van der Waals surface area contributed by atoms with E-state index in [0.29, 0.717) is 42.5 Å². The van der Waals surface area contributed by atoms with Crippen molar-refractivity contribution >= 4 is 15.9 Å². The highest BCUT2D eigenvalue weighted by Crippen LogP contribution is 2.40. The van der Waals surface area contributed by atoms with E-state index in [4.69, 9.17) is 9.47 Å². The quantitative estimate of drug-likeness (QED) is 0.374. The van der Waals surface area contributed by atoms with Gasteiger partial charge in [-0.25, -0.2) is 13.1 Å². The van der Waals surface area contributed by atoms with Crippen LogP contribution in [0.25, 0.3) is 11.3 Å². The number of carbonyl (C=O) groups is 1. The van der Waals surface area contributed by atoms with Crippen LogP contribution in [0.15, 0.2) is 23.1 Å². The second-order valence-electron chi connectivity index (χ2n) is 12.3. The summed E-state index contributed by atoms with van der Waals surface area (Å²) in [5, 5.41) is 3.11. The summed E-state index contributed by atoms with van der Waals surface area (Å²) >= 11 is 0. The first-order chi connectivity index (χ1) is 19.3. The maximum atomic E-state index is 13.8. The van der Waals surface area contributed by atoms with Crippen molar-refractivity contribution in [1.82, 2.24) is 14.6 Å². The SMILES string of the molecule is Cc1c(S(=O)(=O)NC(C)(C)C)ccc(-c2cc(C(=O)NC3CCOCC3)c(C)n2CC2CCCCC2)c1OC(F)F. The van der Waals surface area contributed by atoms with Crippen LogP contribution in [0.4, 0.5) is 8.78 Å². The summed E-state index contributed by atoms with van der Waals surface area (Å²) in [6, 6.07) is 4.66. The second kappa shape index (κ2) is 12.8. The lowest BCUT2D eigenvalue weighted by atomic mass is 9.89. The zero-order valence-electron chi connectivity index (χ0n) is 24.7. The Kier molecular flexibility index (Phi) is 9.81. The first-order valence-electron chi connectivity index (χ1n) is 14.5. The van der Waals surface area contributed by atoms with Crippen molar-refractivity contribution in [3.8, 4) is 17.0 Å². The van der Waals surface area contributed by atoms with E-state index in [0.717, 1.165) is 44.2 Å². The minimum absolute atomic E-state index is 0.000531. The van der Waals surface area contributed by atoms with E-state index in [1.165, 1.54) is 25.5 Å². The Balaban J connectivity index is 1.82. The van der Waals surface area contributed by atoms with Gasteiger partial charge in [0.25, 0.3) is 5.91 Å². The molecule has 8 nitrogen and oxygen atoms in total. The molecule has 1 saturated heterocycles. The summed E-state index contributed by atoms with van der Waals surface area (Å²) in [6.45, 7) is 7.10. The summed E-state index contributed by atoms with van der Waals surface area (Å²) in [7, 11) is -4.03. The summed E-state index contributed by atoms with van der Waals surface area (Å²) in [5.41, 5.74) is 1.39. The van der Waals surface area contributed by atoms with Gasteiger partial charge in [0, 0.05) is 48.2 Å². The average molecular weight is 596 g/mol. The van der Waals surface area contributed by atoms with Gasteiger partial charge in [-0.1, -0.05) is 19.3 Å². The van der Waals surface area contributed by atoms with Crippen molar-refractivity contribution in [1.29, 1.82) is 0 Å². The standard InChI is InChI=1S/C30H43F2N3O5S/c1-19-26(41(37,38)34-30(3,4)5)12-11-23(27(19)40-29(31)32)25-17-24(28(36)33-22-13-15-39-16-14-22)20(2)35(25)18-21-9-7-6-8-10-21/h11-12,17,21-22,29,34H,6-10,13-16,18H2,1-5H3,(H,33,36). The number of hydrogen-bond acceptors (Lipinski definition) is 5. The highest BCUT2D eigenvalue weighted by Gasteiger charge is 2.30. The number of halogens is 2. The van der Waals surface area contributed by atoms with Gasteiger partial charge in [0.1, 0.15) is 5.75 Å². The zero-order chi connectivity index (χ0) is 29.9. The number of aromatic nitrogens is 1. The molecular formula is C30H43F2N3O5S. The number of nitrogens with zero attached hydrogens (tertiary/aromatic N) is 1. The number of carbonyl (C=O) groups excluding carboxylic acids is 1. The Morgan fingerprint density at radius 2 is 1.76 bits per heavy atom.